The van der Waals surface area contributed by atoms with Crippen LogP contribution in [0.15, 0.2) is 59.7 Å². The maximum absolute atomic E-state index is 10.9. The van der Waals surface area contributed by atoms with E-state index in [-0.39, 0.29) is 5.69 Å². The minimum Gasteiger partial charge on any atom is -0.357 e. The fourth-order valence-corrected chi connectivity index (χ4v) is 1.87. The summed E-state index contributed by atoms with van der Waals surface area (Å²) in [5.41, 5.74) is 4.13. The zero-order valence-electron chi connectivity index (χ0n) is 11.6. The van der Waals surface area contributed by atoms with Crippen molar-refractivity contribution in [3.8, 4) is 0 Å². The van der Waals surface area contributed by atoms with Gasteiger partial charge in [-0.05, 0) is 23.8 Å². The van der Waals surface area contributed by atoms with Gasteiger partial charge in [0.2, 0.25) is 0 Å². The van der Waals surface area contributed by atoms with Crippen LogP contribution < -0.4 is 10.7 Å². The summed E-state index contributed by atoms with van der Waals surface area (Å²) in [6, 6.07) is 16.1. The minimum absolute atomic E-state index is 0.00351. The highest BCUT2D eigenvalue weighted by molar-refractivity contribution is 7.80. The summed E-state index contributed by atoms with van der Waals surface area (Å²) in [4.78, 5) is 10.4. The molecular formula is C15H14N4O2S. The monoisotopic (exact) mass is 314 g/mol. The molecule has 2 aromatic carbocycles. The SMILES string of the molecule is O=[N+]([O-])c1ccccc1/C=N\NC(=S)NCc1ccccc1. The lowest BCUT2D eigenvalue weighted by molar-refractivity contribution is -0.385. The van der Waals surface area contributed by atoms with Crippen molar-refractivity contribution in [3.63, 3.8) is 0 Å². The Balaban J connectivity index is 1.87. The largest absolute Gasteiger partial charge is 0.357 e. The number of nitro benzene ring substituents is 1. The van der Waals surface area contributed by atoms with Gasteiger partial charge in [-0.3, -0.25) is 15.5 Å². The van der Waals surface area contributed by atoms with E-state index in [0.29, 0.717) is 17.2 Å². The van der Waals surface area contributed by atoms with Crippen molar-refractivity contribution in [3.05, 3.63) is 75.8 Å². The predicted octanol–water partition coefficient (Wildman–Crippen LogP) is 2.59. The number of benzene rings is 2. The molecule has 0 radical (unpaired) electrons. The van der Waals surface area contributed by atoms with Gasteiger partial charge in [0.15, 0.2) is 5.11 Å². The number of nitrogens with one attached hydrogen (secondary N) is 2. The van der Waals surface area contributed by atoms with E-state index in [4.69, 9.17) is 12.2 Å². The van der Waals surface area contributed by atoms with Gasteiger partial charge in [0, 0.05) is 12.6 Å². The number of hydrazone groups is 1. The number of thiocarbonyl (C=S) groups is 1. The van der Waals surface area contributed by atoms with Crippen LogP contribution in [0.1, 0.15) is 11.1 Å². The molecule has 0 spiro atoms. The van der Waals surface area contributed by atoms with Crippen LogP contribution in [0.5, 0.6) is 0 Å². The average Bonchev–Trinajstić information content (AvgIpc) is 2.54. The molecule has 2 rings (SSSR count). The highest BCUT2D eigenvalue weighted by atomic mass is 32.1. The van der Waals surface area contributed by atoms with Crippen molar-refractivity contribution in [2.75, 3.05) is 0 Å². The zero-order valence-corrected chi connectivity index (χ0v) is 12.4. The average molecular weight is 314 g/mol. The van der Waals surface area contributed by atoms with Crippen molar-refractivity contribution in [2.24, 2.45) is 5.10 Å². The van der Waals surface area contributed by atoms with E-state index in [0.717, 1.165) is 5.56 Å². The summed E-state index contributed by atoms with van der Waals surface area (Å²) in [7, 11) is 0. The molecule has 0 unspecified atom stereocenters. The smallest absolute Gasteiger partial charge is 0.278 e. The Kier molecular flexibility index (Phi) is 5.56. The van der Waals surface area contributed by atoms with Crippen LogP contribution in [0.3, 0.4) is 0 Å². The summed E-state index contributed by atoms with van der Waals surface area (Å²) in [5, 5.41) is 18.1. The number of nitro groups is 1. The van der Waals surface area contributed by atoms with E-state index < -0.39 is 4.92 Å². The highest BCUT2D eigenvalue weighted by Crippen LogP contribution is 2.14. The number of rotatable bonds is 5. The molecule has 0 aliphatic rings. The molecule has 0 atom stereocenters. The highest BCUT2D eigenvalue weighted by Gasteiger charge is 2.09. The maximum Gasteiger partial charge on any atom is 0.278 e. The van der Waals surface area contributed by atoms with Crippen molar-refractivity contribution >= 4 is 29.2 Å². The molecule has 2 aromatic rings. The fraction of sp³-hybridized carbons (Fsp3) is 0.0667. The molecule has 0 aliphatic heterocycles. The predicted molar refractivity (Wildman–Crippen MR) is 89.7 cm³/mol. The van der Waals surface area contributed by atoms with Crippen LogP contribution in [0, 0.1) is 10.1 Å². The fourth-order valence-electron chi connectivity index (χ4n) is 1.74. The molecule has 0 aromatic heterocycles. The van der Waals surface area contributed by atoms with E-state index in [1.165, 1.54) is 12.3 Å². The number of hydrogen-bond acceptors (Lipinski definition) is 4. The molecule has 0 aliphatic carbocycles. The number of nitrogens with zero attached hydrogens (tertiary/aromatic N) is 2. The van der Waals surface area contributed by atoms with Gasteiger partial charge in [0.1, 0.15) is 0 Å². The second-order valence-electron chi connectivity index (χ2n) is 4.35. The molecule has 7 heteroatoms. The molecule has 112 valence electrons. The van der Waals surface area contributed by atoms with Gasteiger partial charge in [-0.15, -0.1) is 0 Å². The van der Waals surface area contributed by atoms with Crippen LogP contribution >= 0.6 is 12.2 Å². The molecule has 2 N–H and O–H groups in total. The van der Waals surface area contributed by atoms with Crippen molar-refractivity contribution in [1.82, 2.24) is 10.7 Å². The van der Waals surface area contributed by atoms with Crippen molar-refractivity contribution < 1.29 is 4.92 Å². The van der Waals surface area contributed by atoms with Crippen molar-refractivity contribution in [1.29, 1.82) is 0 Å². The third kappa shape index (κ3) is 4.64. The molecule has 0 saturated carbocycles. The van der Waals surface area contributed by atoms with Crippen LogP contribution in [0.4, 0.5) is 5.69 Å². The first-order valence-corrected chi connectivity index (χ1v) is 6.92. The quantitative estimate of drug-likeness (QED) is 0.384. The molecule has 22 heavy (non-hydrogen) atoms. The summed E-state index contributed by atoms with van der Waals surface area (Å²) < 4.78 is 0. The van der Waals surface area contributed by atoms with Gasteiger partial charge in [-0.25, -0.2) is 0 Å². The number of hydrogen-bond donors (Lipinski definition) is 2. The Morgan fingerprint density at radius 2 is 1.86 bits per heavy atom. The normalized spacial score (nSPS) is 10.4. The van der Waals surface area contributed by atoms with Gasteiger partial charge < -0.3 is 5.32 Å². The van der Waals surface area contributed by atoms with Crippen LogP contribution in [-0.2, 0) is 6.54 Å². The minimum atomic E-state index is -0.451. The van der Waals surface area contributed by atoms with E-state index in [9.17, 15) is 10.1 Å². The van der Waals surface area contributed by atoms with Crippen molar-refractivity contribution in [2.45, 2.75) is 6.54 Å². The first-order valence-electron chi connectivity index (χ1n) is 6.51. The topological polar surface area (TPSA) is 79.6 Å². The molecular weight excluding hydrogens is 300 g/mol. The molecule has 0 heterocycles. The molecule has 0 fully saturated rings. The lowest BCUT2D eigenvalue weighted by Crippen LogP contribution is -2.31. The third-order valence-electron chi connectivity index (χ3n) is 2.80. The van der Waals surface area contributed by atoms with E-state index in [1.54, 1.807) is 18.2 Å². The Morgan fingerprint density at radius 3 is 2.59 bits per heavy atom. The second-order valence-corrected chi connectivity index (χ2v) is 4.76. The standard InChI is InChI=1S/C15H14N4O2S/c20-19(21)14-9-5-4-8-13(14)11-17-18-15(22)16-10-12-6-2-1-3-7-12/h1-9,11H,10H2,(H2,16,18,22)/b17-11-. The van der Waals surface area contributed by atoms with Crippen LogP contribution in [0.25, 0.3) is 0 Å². The maximum atomic E-state index is 10.9. The number of para-hydroxylation sites is 1. The van der Waals surface area contributed by atoms with Gasteiger partial charge >= 0.3 is 0 Å². The van der Waals surface area contributed by atoms with Gasteiger partial charge in [0.25, 0.3) is 5.69 Å². The Bertz CT molecular complexity index is 689. The van der Waals surface area contributed by atoms with Gasteiger partial charge in [0.05, 0.1) is 16.7 Å². The Morgan fingerprint density at radius 1 is 1.18 bits per heavy atom. The first kappa shape index (κ1) is 15.6. The van der Waals surface area contributed by atoms with E-state index in [2.05, 4.69) is 15.8 Å². The zero-order chi connectivity index (χ0) is 15.8. The Labute approximate surface area is 133 Å². The van der Waals surface area contributed by atoms with E-state index in [1.807, 2.05) is 30.3 Å². The van der Waals surface area contributed by atoms with Crippen LogP contribution in [0.2, 0.25) is 0 Å². The Hall–Kier alpha value is -2.80. The molecule has 0 bridgehead atoms. The lowest BCUT2D eigenvalue weighted by Gasteiger charge is -2.06. The summed E-state index contributed by atoms with van der Waals surface area (Å²) in [5.74, 6) is 0. The van der Waals surface area contributed by atoms with Crippen LogP contribution in [-0.4, -0.2) is 16.3 Å². The second kappa shape index (κ2) is 7.84. The molecule has 6 nitrogen and oxygen atoms in total. The van der Waals surface area contributed by atoms with Gasteiger partial charge in [-0.2, -0.15) is 5.10 Å². The first-order chi connectivity index (χ1) is 10.7. The molecule has 0 saturated heterocycles. The lowest BCUT2D eigenvalue weighted by atomic mass is 10.2. The van der Waals surface area contributed by atoms with E-state index >= 15 is 0 Å². The summed E-state index contributed by atoms with van der Waals surface area (Å²) in [6.07, 6.45) is 1.37. The molecule has 0 amide bonds. The van der Waals surface area contributed by atoms with Gasteiger partial charge in [-0.1, -0.05) is 42.5 Å². The summed E-state index contributed by atoms with van der Waals surface area (Å²) in [6.45, 7) is 0.577. The summed E-state index contributed by atoms with van der Waals surface area (Å²) >= 11 is 5.08. The third-order valence-corrected chi connectivity index (χ3v) is 3.03.